The summed E-state index contributed by atoms with van der Waals surface area (Å²) in [6.45, 7) is 5.17. The lowest BCUT2D eigenvalue weighted by Crippen LogP contribution is -2.42. The van der Waals surface area contributed by atoms with Crippen LogP contribution in [0.2, 0.25) is 5.02 Å². The molecule has 0 aliphatic carbocycles. The number of halogens is 1. The first-order valence-corrected chi connectivity index (χ1v) is 10.3. The summed E-state index contributed by atoms with van der Waals surface area (Å²) in [5.41, 5.74) is 0. The van der Waals surface area contributed by atoms with Gasteiger partial charge in [0, 0.05) is 31.6 Å². The van der Waals surface area contributed by atoms with Gasteiger partial charge in [0.25, 0.3) is 0 Å². The van der Waals surface area contributed by atoms with Gasteiger partial charge in [-0.15, -0.1) is 10.2 Å². The maximum absolute atomic E-state index is 5.91. The smallest absolute Gasteiger partial charge is 0.194 e. The molecule has 0 spiro atoms. The van der Waals surface area contributed by atoms with Crippen LogP contribution in [0, 0.1) is 0 Å². The molecule has 2 aromatic heterocycles. The highest BCUT2D eigenvalue weighted by molar-refractivity contribution is 6.30. The number of aryl methyl sites for hydroxylation is 1. The molecule has 0 saturated heterocycles. The molecule has 8 nitrogen and oxygen atoms in total. The molecule has 0 saturated carbocycles. The first-order valence-electron chi connectivity index (χ1n) is 9.92. The number of likely N-dealkylation sites (N-methyl/N-ethyl adjacent to an activating group) is 1. The van der Waals surface area contributed by atoms with Crippen molar-refractivity contribution in [3.63, 3.8) is 0 Å². The van der Waals surface area contributed by atoms with E-state index in [0.29, 0.717) is 31.3 Å². The molecule has 0 radical (unpaired) electrons. The second kappa shape index (κ2) is 11.3. The minimum atomic E-state index is 0.463. The molecule has 9 heteroatoms. The summed E-state index contributed by atoms with van der Waals surface area (Å²) in [6, 6.07) is 11.1. The molecule has 30 heavy (non-hydrogen) atoms. The van der Waals surface area contributed by atoms with Crippen molar-refractivity contribution in [2.75, 3.05) is 26.7 Å². The third-order valence-electron chi connectivity index (χ3n) is 4.48. The second-order valence-electron chi connectivity index (χ2n) is 6.66. The van der Waals surface area contributed by atoms with Gasteiger partial charge >= 0.3 is 0 Å². The minimum absolute atomic E-state index is 0.463. The van der Waals surface area contributed by atoms with Crippen LogP contribution in [0.5, 0.6) is 5.75 Å². The zero-order valence-electron chi connectivity index (χ0n) is 17.3. The topological polar surface area (TPSA) is 80.7 Å². The number of rotatable bonds is 10. The predicted octanol–water partition coefficient (Wildman–Crippen LogP) is 3.24. The van der Waals surface area contributed by atoms with Crippen molar-refractivity contribution < 1.29 is 9.15 Å². The van der Waals surface area contributed by atoms with Gasteiger partial charge in [-0.3, -0.25) is 0 Å². The summed E-state index contributed by atoms with van der Waals surface area (Å²) >= 11 is 5.91. The molecule has 2 heterocycles. The maximum Gasteiger partial charge on any atom is 0.194 e. The Morgan fingerprint density at radius 1 is 1.30 bits per heavy atom. The van der Waals surface area contributed by atoms with Crippen molar-refractivity contribution in [1.82, 2.24) is 25.0 Å². The number of hydrogen-bond donors (Lipinski definition) is 1. The van der Waals surface area contributed by atoms with E-state index in [1.807, 2.05) is 52.9 Å². The Balaban J connectivity index is 1.55. The lowest BCUT2D eigenvalue weighted by molar-refractivity contribution is 0.281. The normalized spacial score (nSPS) is 11.5. The highest BCUT2D eigenvalue weighted by Crippen LogP contribution is 2.15. The van der Waals surface area contributed by atoms with Crippen molar-refractivity contribution in [2.45, 2.75) is 26.4 Å². The van der Waals surface area contributed by atoms with Gasteiger partial charge in [0.1, 0.15) is 36.8 Å². The zero-order chi connectivity index (χ0) is 21.2. The second-order valence-corrected chi connectivity index (χ2v) is 7.10. The molecule has 0 bridgehead atoms. The van der Waals surface area contributed by atoms with Gasteiger partial charge in [-0.1, -0.05) is 18.5 Å². The van der Waals surface area contributed by atoms with E-state index in [-0.39, 0.29) is 0 Å². The van der Waals surface area contributed by atoms with E-state index < -0.39 is 0 Å². The maximum atomic E-state index is 5.91. The lowest BCUT2D eigenvalue weighted by atomic mass is 10.3. The van der Waals surface area contributed by atoms with Crippen LogP contribution in [-0.4, -0.2) is 52.4 Å². The highest BCUT2D eigenvalue weighted by Gasteiger charge is 2.08. The van der Waals surface area contributed by atoms with Crippen molar-refractivity contribution in [2.24, 2.45) is 4.99 Å². The average Bonchev–Trinajstić information content (AvgIpc) is 3.43. The third-order valence-corrected chi connectivity index (χ3v) is 4.74. The van der Waals surface area contributed by atoms with Crippen LogP contribution in [0.4, 0.5) is 0 Å². The molecule has 1 N–H and O–H groups in total. The number of guanidine groups is 1. The van der Waals surface area contributed by atoms with Crippen molar-refractivity contribution in [3.8, 4) is 5.75 Å². The SMILES string of the molecule is CCc1nncn1CCNC(=NCc1ccco1)N(C)CCOc1ccc(Cl)cc1. The number of nitrogens with one attached hydrogen (secondary N) is 1. The summed E-state index contributed by atoms with van der Waals surface area (Å²) in [5.74, 6) is 3.34. The zero-order valence-corrected chi connectivity index (χ0v) is 18.0. The molecule has 0 atom stereocenters. The number of nitrogens with zero attached hydrogens (tertiary/aromatic N) is 5. The van der Waals surface area contributed by atoms with Crippen LogP contribution in [0.3, 0.4) is 0 Å². The Kier molecular flexibility index (Phi) is 8.14. The summed E-state index contributed by atoms with van der Waals surface area (Å²) in [6.07, 6.45) is 4.26. The summed E-state index contributed by atoms with van der Waals surface area (Å²) in [5, 5.41) is 12.2. The molecule has 0 amide bonds. The van der Waals surface area contributed by atoms with E-state index in [0.717, 1.165) is 36.3 Å². The first kappa shape index (κ1) is 21.7. The van der Waals surface area contributed by atoms with Crippen LogP contribution in [0.1, 0.15) is 18.5 Å². The molecular weight excluding hydrogens is 404 g/mol. The number of benzene rings is 1. The van der Waals surface area contributed by atoms with Gasteiger partial charge in [0.05, 0.1) is 12.8 Å². The Bertz CT molecular complexity index is 908. The molecule has 0 aliphatic rings. The van der Waals surface area contributed by atoms with Crippen molar-refractivity contribution in [3.05, 3.63) is 65.6 Å². The number of furan rings is 1. The molecule has 3 rings (SSSR count). The number of ether oxygens (including phenoxy) is 1. The van der Waals surface area contributed by atoms with Crippen molar-refractivity contribution in [1.29, 1.82) is 0 Å². The van der Waals surface area contributed by atoms with Crippen LogP contribution in [0.15, 0.2) is 58.4 Å². The minimum Gasteiger partial charge on any atom is -0.492 e. The summed E-state index contributed by atoms with van der Waals surface area (Å²) < 4.78 is 13.2. The van der Waals surface area contributed by atoms with Crippen LogP contribution in [-0.2, 0) is 19.5 Å². The highest BCUT2D eigenvalue weighted by atomic mass is 35.5. The predicted molar refractivity (Wildman–Crippen MR) is 117 cm³/mol. The van der Waals surface area contributed by atoms with Crippen LogP contribution < -0.4 is 10.1 Å². The van der Waals surface area contributed by atoms with E-state index in [2.05, 4.69) is 27.4 Å². The molecule has 0 aliphatic heterocycles. The van der Waals surface area contributed by atoms with E-state index >= 15 is 0 Å². The molecular formula is C21H27ClN6O2. The number of aliphatic imine (C=N–C) groups is 1. The van der Waals surface area contributed by atoms with Gasteiger partial charge in [0.15, 0.2) is 5.96 Å². The van der Waals surface area contributed by atoms with Crippen molar-refractivity contribution >= 4 is 17.6 Å². The van der Waals surface area contributed by atoms with E-state index in [4.69, 9.17) is 20.8 Å². The average molecular weight is 431 g/mol. The molecule has 1 aromatic carbocycles. The van der Waals surface area contributed by atoms with E-state index in [1.54, 1.807) is 12.6 Å². The Hall–Kier alpha value is -3.00. The van der Waals surface area contributed by atoms with E-state index in [9.17, 15) is 0 Å². The lowest BCUT2D eigenvalue weighted by Gasteiger charge is -2.22. The van der Waals surface area contributed by atoms with Crippen LogP contribution >= 0.6 is 11.6 Å². The van der Waals surface area contributed by atoms with Gasteiger partial charge in [-0.25, -0.2) is 4.99 Å². The van der Waals surface area contributed by atoms with Gasteiger partial charge in [-0.2, -0.15) is 0 Å². The monoisotopic (exact) mass is 430 g/mol. The quantitative estimate of drug-likeness (QED) is 0.393. The summed E-state index contributed by atoms with van der Waals surface area (Å²) in [7, 11) is 1.98. The van der Waals surface area contributed by atoms with Gasteiger partial charge in [-0.05, 0) is 36.4 Å². The Morgan fingerprint density at radius 3 is 2.87 bits per heavy atom. The molecule has 0 fully saturated rings. The Morgan fingerprint density at radius 2 is 2.13 bits per heavy atom. The fourth-order valence-electron chi connectivity index (χ4n) is 2.83. The fraction of sp³-hybridized carbons (Fsp3) is 0.381. The molecule has 160 valence electrons. The largest absolute Gasteiger partial charge is 0.492 e. The standard InChI is InChI=1S/C21H27ClN6O2/c1-3-20-26-25-16-28(20)11-10-23-21(24-15-19-5-4-13-29-19)27(2)12-14-30-18-8-6-17(22)7-9-18/h4-9,13,16H,3,10-12,14-15H2,1-2H3,(H,23,24). The van der Waals surface area contributed by atoms with Gasteiger partial charge in [0.2, 0.25) is 0 Å². The number of aromatic nitrogens is 3. The van der Waals surface area contributed by atoms with Crippen LogP contribution in [0.25, 0.3) is 0 Å². The fourth-order valence-corrected chi connectivity index (χ4v) is 2.96. The van der Waals surface area contributed by atoms with E-state index in [1.165, 1.54) is 0 Å². The number of hydrogen-bond acceptors (Lipinski definition) is 5. The first-order chi connectivity index (χ1) is 14.7. The summed E-state index contributed by atoms with van der Waals surface area (Å²) in [4.78, 5) is 6.72. The third kappa shape index (κ3) is 6.52. The molecule has 0 unspecified atom stereocenters. The molecule has 3 aromatic rings. The Labute approximate surface area is 181 Å². The van der Waals surface area contributed by atoms with Gasteiger partial charge < -0.3 is 23.9 Å².